The summed E-state index contributed by atoms with van der Waals surface area (Å²) in [6.45, 7) is 1.79. The molecule has 3 saturated heterocycles. The van der Waals surface area contributed by atoms with Crippen LogP contribution >= 0.6 is 11.3 Å². The average Bonchev–Trinajstić information content (AvgIpc) is 3.56. The van der Waals surface area contributed by atoms with Crippen LogP contribution in [0.3, 0.4) is 0 Å². The standard InChI is InChI=1S/C27H27N7OS/c1-2-17-10-19-8-9-25(34(19)29-13-17)24-12-23(30-18-6-4-3-5-7-18)22(14-28-24)26-31-32-27(36-26)33-15-20-11-21(16-33)35-20/h1,8-10,12-14,18,20-21H,3-7,11,15-16H2,(H,28,30). The first-order valence-corrected chi connectivity index (χ1v) is 13.5. The quantitative estimate of drug-likeness (QED) is 0.403. The van der Waals surface area contributed by atoms with Crippen LogP contribution in [0.4, 0.5) is 10.8 Å². The third kappa shape index (κ3) is 3.91. The van der Waals surface area contributed by atoms with Crippen molar-refractivity contribution in [3.63, 3.8) is 0 Å². The molecule has 8 rings (SSSR count). The van der Waals surface area contributed by atoms with Crippen LogP contribution in [0.1, 0.15) is 44.1 Å². The molecule has 1 aliphatic carbocycles. The van der Waals surface area contributed by atoms with Crippen molar-refractivity contribution in [1.82, 2.24) is 24.8 Å². The smallest absolute Gasteiger partial charge is 0.208 e. The van der Waals surface area contributed by atoms with E-state index in [1.165, 1.54) is 32.1 Å². The van der Waals surface area contributed by atoms with E-state index in [1.807, 2.05) is 28.9 Å². The van der Waals surface area contributed by atoms with Gasteiger partial charge in [0.05, 0.1) is 40.9 Å². The number of hydrogen-bond acceptors (Lipinski definition) is 8. The van der Waals surface area contributed by atoms with E-state index in [2.05, 4.69) is 37.5 Å². The van der Waals surface area contributed by atoms with Gasteiger partial charge < -0.3 is 15.0 Å². The third-order valence-electron chi connectivity index (χ3n) is 7.47. The van der Waals surface area contributed by atoms with Gasteiger partial charge in [-0.15, -0.1) is 16.6 Å². The van der Waals surface area contributed by atoms with Gasteiger partial charge in [0.15, 0.2) is 5.01 Å². The molecular formula is C27H27N7OS. The van der Waals surface area contributed by atoms with Crippen molar-refractivity contribution in [1.29, 1.82) is 0 Å². The minimum atomic E-state index is 0.336. The fourth-order valence-electron chi connectivity index (χ4n) is 5.59. The number of anilines is 2. The Kier molecular flexibility index (Phi) is 5.37. The molecule has 2 bridgehead atoms. The van der Waals surface area contributed by atoms with E-state index in [1.54, 1.807) is 17.5 Å². The summed E-state index contributed by atoms with van der Waals surface area (Å²) in [5, 5.41) is 19.4. The summed E-state index contributed by atoms with van der Waals surface area (Å²) in [6.07, 6.45) is 17.2. The molecule has 1 saturated carbocycles. The molecule has 3 aliphatic heterocycles. The molecule has 4 aliphatic rings. The predicted molar refractivity (Wildman–Crippen MR) is 141 cm³/mol. The minimum absolute atomic E-state index is 0.336. The normalized spacial score (nSPS) is 21.8. The number of morpholine rings is 1. The molecule has 2 unspecified atom stereocenters. The number of terminal acetylenes is 1. The van der Waals surface area contributed by atoms with Crippen molar-refractivity contribution in [3.05, 3.63) is 42.2 Å². The van der Waals surface area contributed by atoms with Gasteiger partial charge in [-0.25, -0.2) is 4.52 Å². The zero-order valence-corrected chi connectivity index (χ0v) is 20.7. The topological polar surface area (TPSA) is 80.5 Å². The number of hydrogen-bond donors (Lipinski definition) is 1. The SMILES string of the molecule is C#Cc1cnn2c(-c3cc(NC4CCCCC4)c(-c4nnc(N5CC6CC(C5)O6)s4)cn3)ccc2c1. The third-order valence-corrected chi connectivity index (χ3v) is 8.49. The summed E-state index contributed by atoms with van der Waals surface area (Å²) in [6, 6.07) is 8.61. The van der Waals surface area contributed by atoms with Crippen LogP contribution < -0.4 is 10.2 Å². The molecule has 0 aromatic carbocycles. The van der Waals surface area contributed by atoms with E-state index < -0.39 is 0 Å². The summed E-state index contributed by atoms with van der Waals surface area (Å²) in [7, 11) is 0. The first kappa shape index (κ1) is 21.8. The maximum absolute atomic E-state index is 5.79. The summed E-state index contributed by atoms with van der Waals surface area (Å²) >= 11 is 1.63. The Bertz CT molecular complexity index is 1450. The number of nitrogens with zero attached hydrogens (tertiary/aromatic N) is 6. The summed E-state index contributed by atoms with van der Waals surface area (Å²) < 4.78 is 7.68. The number of fused-ring (bicyclic) bond motifs is 3. The Morgan fingerprint density at radius 3 is 2.69 bits per heavy atom. The lowest BCUT2D eigenvalue weighted by Crippen LogP contribution is -2.57. The lowest BCUT2D eigenvalue weighted by Gasteiger charge is -2.46. The molecule has 0 amide bonds. The summed E-state index contributed by atoms with van der Waals surface area (Å²) in [5.74, 6) is 2.66. The largest absolute Gasteiger partial charge is 0.382 e. The first-order chi connectivity index (χ1) is 17.7. The fraction of sp³-hybridized carbons (Fsp3) is 0.407. The van der Waals surface area contributed by atoms with E-state index in [0.29, 0.717) is 18.2 Å². The zero-order valence-electron chi connectivity index (χ0n) is 19.9. The minimum Gasteiger partial charge on any atom is -0.382 e. The van der Waals surface area contributed by atoms with Gasteiger partial charge in [-0.3, -0.25) is 4.98 Å². The van der Waals surface area contributed by atoms with Gasteiger partial charge in [0.2, 0.25) is 5.13 Å². The number of piperidine rings is 1. The van der Waals surface area contributed by atoms with Gasteiger partial charge >= 0.3 is 0 Å². The molecule has 9 heteroatoms. The second-order valence-electron chi connectivity index (χ2n) is 9.95. The summed E-state index contributed by atoms with van der Waals surface area (Å²) in [5.41, 5.74) is 5.54. The number of aromatic nitrogens is 5. The van der Waals surface area contributed by atoms with Crippen LogP contribution in [0, 0.1) is 12.3 Å². The van der Waals surface area contributed by atoms with Crippen LogP contribution in [0.5, 0.6) is 0 Å². The maximum atomic E-state index is 5.79. The van der Waals surface area contributed by atoms with Crippen molar-refractivity contribution in [2.75, 3.05) is 23.3 Å². The second kappa shape index (κ2) is 8.87. The van der Waals surface area contributed by atoms with Crippen LogP contribution in [0.25, 0.3) is 27.5 Å². The van der Waals surface area contributed by atoms with Gasteiger partial charge in [-0.1, -0.05) is 36.5 Å². The molecular weight excluding hydrogens is 470 g/mol. The van der Waals surface area contributed by atoms with Crippen LogP contribution in [0.15, 0.2) is 36.7 Å². The van der Waals surface area contributed by atoms with Gasteiger partial charge in [-0.2, -0.15) is 5.10 Å². The molecule has 2 atom stereocenters. The number of ether oxygens (including phenoxy) is 1. The Morgan fingerprint density at radius 1 is 1.06 bits per heavy atom. The highest BCUT2D eigenvalue weighted by Gasteiger charge is 2.39. The van der Waals surface area contributed by atoms with Gasteiger partial charge in [0, 0.05) is 43.0 Å². The molecule has 1 N–H and O–H groups in total. The van der Waals surface area contributed by atoms with Crippen molar-refractivity contribution in [2.45, 2.75) is 56.8 Å². The Morgan fingerprint density at radius 2 is 1.89 bits per heavy atom. The van der Waals surface area contributed by atoms with Crippen molar-refractivity contribution in [2.24, 2.45) is 0 Å². The van der Waals surface area contributed by atoms with Crippen LogP contribution in [0.2, 0.25) is 0 Å². The predicted octanol–water partition coefficient (Wildman–Crippen LogP) is 4.62. The summed E-state index contributed by atoms with van der Waals surface area (Å²) in [4.78, 5) is 7.16. The lowest BCUT2D eigenvalue weighted by molar-refractivity contribution is -0.133. The fourth-order valence-corrected chi connectivity index (χ4v) is 6.48. The molecule has 0 radical (unpaired) electrons. The van der Waals surface area contributed by atoms with E-state index in [4.69, 9.17) is 16.1 Å². The van der Waals surface area contributed by atoms with Crippen LogP contribution in [-0.4, -0.2) is 56.1 Å². The van der Waals surface area contributed by atoms with Gasteiger partial charge in [-0.05, 0) is 37.1 Å². The van der Waals surface area contributed by atoms with Crippen molar-refractivity contribution >= 4 is 27.7 Å². The maximum Gasteiger partial charge on any atom is 0.208 e. The molecule has 7 heterocycles. The van der Waals surface area contributed by atoms with Gasteiger partial charge in [0.25, 0.3) is 0 Å². The van der Waals surface area contributed by atoms with E-state index in [0.717, 1.165) is 63.4 Å². The highest BCUT2D eigenvalue weighted by atomic mass is 32.1. The monoisotopic (exact) mass is 497 g/mol. The average molecular weight is 498 g/mol. The van der Waals surface area contributed by atoms with Crippen LogP contribution in [-0.2, 0) is 4.74 Å². The van der Waals surface area contributed by atoms with Gasteiger partial charge in [0.1, 0.15) is 0 Å². The number of pyridine rings is 1. The molecule has 4 aromatic rings. The number of nitrogens with one attached hydrogen (secondary N) is 1. The van der Waals surface area contributed by atoms with Crippen molar-refractivity contribution < 1.29 is 4.74 Å². The van der Waals surface area contributed by atoms with Crippen molar-refractivity contribution in [3.8, 4) is 34.3 Å². The van der Waals surface area contributed by atoms with E-state index in [-0.39, 0.29) is 0 Å². The second-order valence-corrected chi connectivity index (χ2v) is 10.9. The molecule has 8 nitrogen and oxygen atoms in total. The Labute approximate surface area is 213 Å². The molecule has 182 valence electrons. The zero-order chi connectivity index (χ0) is 24.1. The molecule has 4 fully saturated rings. The molecule has 36 heavy (non-hydrogen) atoms. The molecule has 4 aromatic heterocycles. The number of rotatable bonds is 5. The Balaban J connectivity index is 1.25. The van der Waals surface area contributed by atoms with E-state index >= 15 is 0 Å². The Hall–Kier alpha value is -3.48. The lowest BCUT2D eigenvalue weighted by atomic mass is 9.95. The van der Waals surface area contributed by atoms with E-state index in [9.17, 15) is 0 Å². The molecule has 0 spiro atoms. The highest BCUT2D eigenvalue weighted by molar-refractivity contribution is 7.18. The first-order valence-electron chi connectivity index (χ1n) is 12.7. The highest BCUT2D eigenvalue weighted by Crippen LogP contribution is 2.38.